The summed E-state index contributed by atoms with van der Waals surface area (Å²) < 4.78 is 22.1. The molecule has 0 aromatic heterocycles. The van der Waals surface area contributed by atoms with Gasteiger partial charge >= 0.3 is 7.82 Å². The monoisotopic (exact) mass is 717 g/mol. The van der Waals surface area contributed by atoms with Crippen LogP contribution in [0.4, 0.5) is 0 Å². The zero-order valence-electron chi connectivity index (χ0n) is 32.2. The zero-order chi connectivity index (χ0) is 36.1. The highest BCUT2D eigenvalue weighted by Gasteiger charge is 2.26. The van der Waals surface area contributed by atoms with Crippen LogP contribution in [0, 0.1) is 0 Å². The first-order chi connectivity index (χ1) is 23.9. The first-order valence-electron chi connectivity index (χ1n) is 20.8. The van der Waals surface area contributed by atoms with Crippen molar-refractivity contribution in [2.24, 2.45) is 5.73 Å². The number of aliphatic hydroxyl groups is 1. The summed E-state index contributed by atoms with van der Waals surface area (Å²) in [6.45, 7) is 4.13. The molecule has 0 aliphatic carbocycles. The Morgan fingerprint density at radius 2 is 1.04 bits per heavy atom. The predicted octanol–water partition coefficient (Wildman–Crippen LogP) is 11.2. The summed E-state index contributed by atoms with van der Waals surface area (Å²) in [5, 5.41) is 13.6. The van der Waals surface area contributed by atoms with Crippen LogP contribution < -0.4 is 11.1 Å². The van der Waals surface area contributed by atoms with E-state index in [1.54, 1.807) is 6.08 Å². The molecule has 0 aliphatic rings. The first kappa shape index (κ1) is 48.2. The van der Waals surface area contributed by atoms with E-state index in [2.05, 4.69) is 19.2 Å². The van der Waals surface area contributed by atoms with Gasteiger partial charge in [-0.3, -0.25) is 13.8 Å². The molecule has 0 saturated carbocycles. The average Bonchev–Trinajstić information content (AvgIpc) is 3.09. The Morgan fingerprint density at radius 1 is 0.653 bits per heavy atom. The van der Waals surface area contributed by atoms with Gasteiger partial charge in [-0.15, -0.1) is 0 Å². The number of aliphatic hydroxyl groups excluding tert-OH is 1. The number of hydrogen-bond donors (Lipinski definition) is 4. The fourth-order valence-electron chi connectivity index (χ4n) is 6.19. The standard InChI is InChI=1S/C40H81N2O6P/c1-3-5-7-9-11-13-15-16-17-18-19-20-21-22-24-26-28-30-32-34-40(44)42-38(37-48-49(45,46)47-36-35-41)39(43)33-31-29-27-25-23-14-12-10-8-6-4-2/h31,33,38-39,43H,3-30,32,34-37,41H2,1-2H3,(H,42,44)(H,45,46)/b33-31+/t38-,39+/m0/s1. The summed E-state index contributed by atoms with van der Waals surface area (Å²) in [7, 11) is -4.33. The highest BCUT2D eigenvalue weighted by atomic mass is 31.2. The molecular formula is C40H81N2O6P. The predicted molar refractivity (Wildman–Crippen MR) is 208 cm³/mol. The van der Waals surface area contributed by atoms with Gasteiger partial charge in [0.05, 0.1) is 25.4 Å². The maximum atomic E-state index is 12.7. The third-order valence-corrected chi connectivity index (χ3v) is 10.3. The Labute approximate surface area is 303 Å². The molecule has 0 rings (SSSR count). The van der Waals surface area contributed by atoms with Crippen molar-refractivity contribution in [1.29, 1.82) is 0 Å². The summed E-state index contributed by atoms with van der Waals surface area (Å²) in [6, 6.07) is -0.853. The number of carbonyl (C=O) groups excluding carboxylic acids is 1. The highest BCUT2D eigenvalue weighted by Crippen LogP contribution is 2.43. The van der Waals surface area contributed by atoms with Crippen LogP contribution in [-0.2, 0) is 18.4 Å². The maximum Gasteiger partial charge on any atom is 0.472 e. The lowest BCUT2D eigenvalue weighted by molar-refractivity contribution is -0.123. The van der Waals surface area contributed by atoms with E-state index >= 15 is 0 Å². The Hall–Kier alpha value is -0.760. The van der Waals surface area contributed by atoms with Gasteiger partial charge in [-0.25, -0.2) is 4.57 Å². The molecule has 1 unspecified atom stereocenters. The number of nitrogens with one attached hydrogen (secondary N) is 1. The van der Waals surface area contributed by atoms with Crippen LogP contribution in [0.15, 0.2) is 12.2 Å². The largest absolute Gasteiger partial charge is 0.472 e. The van der Waals surface area contributed by atoms with Gasteiger partial charge in [-0.1, -0.05) is 193 Å². The molecule has 0 bridgehead atoms. The number of carbonyl (C=O) groups is 1. The number of hydrogen-bond acceptors (Lipinski definition) is 6. The molecular weight excluding hydrogens is 635 g/mol. The number of phosphoric acid groups is 1. The smallest absolute Gasteiger partial charge is 0.387 e. The number of nitrogens with two attached hydrogens (primary N) is 1. The zero-order valence-corrected chi connectivity index (χ0v) is 33.1. The van der Waals surface area contributed by atoms with Gasteiger partial charge in [0.25, 0.3) is 0 Å². The van der Waals surface area contributed by atoms with Gasteiger partial charge in [-0.2, -0.15) is 0 Å². The van der Waals surface area contributed by atoms with Crippen molar-refractivity contribution in [3.63, 3.8) is 0 Å². The van der Waals surface area contributed by atoms with Crippen molar-refractivity contribution >= 4 is 13.7 Å². The molecule has 3 atom stereocenters. The number of allylic oxidation sites excluding steroid dienone is 1. The molecule has 0 aromatic rings. The minimum absolute atomic E-state index is 0.0811. The summed E-state index contributed by atoms with van der Waals surface area (Å²) >= 11 is 0. The van der Waals surface area contributed by atoms with E-state index in [9.17, 15) is 19.4 Å². The molecule has 0 radical (unpaired) electrons. The minimum Gasteiger partial charge on any atom is -0.387 e. The Balaban J connectivity index is 4.14. The van der Waals surface area contributed by atoms with Gasteiger partial charge in [0.15, 0.2) is 0 Å². The molecule has 8 nitrogen and oxygen atoms in total. The van der Waals surface area contributed by atoms with Crippen LogP contribution >= 0.6 is 7.82 Å². The third-order valence-electron chi connectivity index (χ3n) is 9.36. The van der Waals surface area contributed by atoms with Crippen molar-refractivity contribution in [3.05, 3.63) is 12.2 Å². The quantitative estimate of drug-likeness (QED) is 0.0283. The lowest BCUT2D eigenvalue weighted by Gasteiger charge is -2.23. The molecule has 9 heteroatoms. The van der Waals surface area contributed by atoms with Gasteiger partial charge in [-0.05, 0) is 19.3 Å². The fraction of sp³-hybridized carbons (Fsp3) is 0.925. The van der Waals surface area contributed by atoms with E-state index in [1.807, 2.05) is 6.08 Å². The molecule has 1 amide bonds. The van der Waals surface area contributed by atoms with Crippen LogP contribution in [0.2, 0.25) is 0 Å². The lowest BCUT2D eigenvalue weighted by Crippen LogP contribution is -2.45. The summed E-state index contributed by atoms with van der Waals surface area (Å²) in [6.07, 6.45) is 39.7. The number of phosphoric ester groups is 1. The summed E-state index contributed by atoms with van der Waals surface area (Å²) in [4.78, 5) is 22.6. The highest BCUT2D eigenvalue weighted by molar-refractivity contribution is 7.47. The average molecular weight is 717 g/mol. The van der Waals surface area contributed by atoms with E-state index in [0.29, 0.717) is 6.42 Å². The van der Waals surface area contributed by atoms with Crippen LogP contribution in [0.25, 0.3) is 0 Å². The molecule has 292 valence electrons. The lowest BCUT2D eigenvalue weighted by atomic mass is 10.0. The van der Waals surface area contributed by atoms with Crippen molar-refractivity contribution in [2.75, 3.05) is 19.8 Å². The molecule has 5 N–H and O–H groups in total. The van der Waals surface area contributed by atoms with Crippen LogP contribution in [0.1, 0.15) is 206 Å². The van der Waals surface area contributed by atoms with E-state index in [-0.39, 0.29) is 25.7 Å². The second-order valence-corrected chi connectivity index (χ2v) is 15.7. The van der Waals surface area contributed by atoms with Gasteiger partial charge < -0.3 is 21.1 Å². The Morgan fingerprint density at radius 3 is 1.45 bits per heavy atom. The number of amides is 1. The Kier molecular flexibility index (Phi) is 36.4. The minimum atomic E-state index is -4.33. The molecule has 0 saturated heterocycles. The van der Waals surface area contributed by atoms with Crippen LogP contribution in [-0.4, -0.2) is 47.8 Å². The van der Waals surface area contributed by atoms with Gasteiger partial charge in [0.1, 0.15) is 0 Å². The van der Waals surface area contributed by atoms with E-state index in [4.69, 9.17) is 14.8 Å². The van der Waals surface area contributed by atoms with E-state index in [1.165, 1.54) is 148 Å². The topological polar surface area (TPSA) is 131 Å². The number of unbranched alkanes of at least 4 members (excludes halogenated alkanes) is 27. The second kappa shape index (κ2) is 37.0. The maximum absolute atomic E-state index is 12.7. The fourth-order valence-corrected chi connectivity index (χ4v) is 6.95. The van der Waals surface area contributed by atoms with Crippen molar-refractivity contribution < 1.29 is 28.4 Å². The second-order valence-electron chi connectivity index (χ2n) is 14.2. The SMILES string of the molecule is CCCCCCCCCCC/C=C/[C@@H](O)[C@H](COP(=O)(O)OCCN)NC(=O)CCCCCCCCCCCCCCCCCCCCC. The number of rotatable bonds is 39. The van der Waals surface area contributed by atoms with E-state index < -0.39 is 20.0 Å². The van der Waals surface area contributed by atoms with Crippen molar-refractivity contribution in [2.45, 2.75) is 219 Å². The molecule has 49 heavy (non-hydrogen) atoms. The summed E-state index contributed by atoms with van der Waals surface area (Å²) in [5.41, 5.74) is 5.36. The van der Waals surface area contributed by atoms with Crippen molar-refractivity contribution in [1.82, 2.24) is 5.32 Å². The van der Waals surface area contributed by atoms with E-state index in [0.717, 1.165) is 38.5 Å². The van der Waals surface area contributed by atoms with Crippen LogP contribution in [0.3, 0.4) is 0 Å². The molecule has 0 fully saturated rings. The Bertz CT molecular complexity index is 784. The molecule has 0 heterocycles. The third kappa shape index (κ3) is 35.4. The molecule has 0 spiro atoms. The normalized spacial score (nSPS) is 14.3. The van der Waals surface area contributed by atoms with Gasteiger partial charge in [0.2, 0.25) is 5.91 Å². The summed E-state index contributed by atoms with van der Waals surface area (Å²) in [5.74, 6) is -0.192. The van der Waals surface area contributed by atoms with Crippen LogP contribution in [0.5, 0.6) is 0 Å². The molecule has 0 aromatic carbocycles. The molecule has 0 aliphatic heterocycles. The van der Waals surface area contributed by atoms with Crippen molar-refractivity contribution in [3.8, 4) is 0 Å². The van der Waals surface area contributed by atoms with Gasteiger partial charge in [0, 0.05) is 13.0 Å². The first-order valence-corrected chi connectivity index (χ1v) is 22.3.